The molecule has 3 atom stereocenters. The lowest BCUT2D eigenvalue weighted by Gasteiger charge is -2.46. The Kier molecular flexibility index (Phi) is 9.32. The number of fused-ring (bicyclic) bond motifs is 2. The number of benzene rings is 2. The molecule has 2 aromatic heterocycles. The van der Waals surface area contributed by atoms with Crippen LogP contribution in [0, 0.1) is 12.7 Å². The third-order valence-electron chi connectivity index (χ3n) is 8.17. The van der Waals surface area contributed by atoms with Crippen LogP contribution in [0.1, 0.15) is 66.4 Å². The van der Waals surface area contributed by atoms with Gasteiger partial charge in [0, 0.05) is 47.6 Å². The average Bonchev–Trinajstić information content (AvgIpc) is 3.43. The van der Waals surface area contributed by atoms with Crippen LogP contribution in [0.5, 0.6) is 0 Å². The molecule has 44 heavy (non-hydrogen) atoms. The Morgan fingerprint density at radius 3 is 2.70 bits per heavy atom. The van der Waals surface area contributed by atoms with E-state index >= 15 is 4.39 Å². The standard InChI is InChI=1S/C33H42ClFN6O3/c1-8-9-21(4)43-13-12-22-17-40(32(42)44-33(5,6)7)20(3)16-41(22)31-23-14-25(34)28(29(35)30(23)36-18-37-31)27-19(2)10-11-26-24(27)15-38-39-26/h10-11,14-15,18,20-22H,8-9,12-13,16-17H2,1-7H3,(H,38,39)/t20-,21?,22+/m1/s1. The molecule has 4 aromatic rings. The molecule has 2 aromatic carbocycles. The quantitative estimate of drug-likeness (QED) is 0.215. The highest BCUT2D eigenvalue weighted by Gasteiger charge is 2.38. The van der Waals surface area contributed by atoms with E-state index < -0.39 is 11.4 Å². The Hall–Kier alpha value is -3.50. The van der Waals surface area contributed by atoms with Crippen molar-refractivity contribution in [3.8, 4) is 11.1 Å². The number of aromatic nitrogens is 4. The normalized spacial score (nSPS) is 18.3. The van der Waals surface area contributed by atoms with Crippen LogP contribution in [0.3, 0.4) is 0 Å². The minimum atomic E-state index is -0.615. The van der Waals surface area contributed by atoms with E-state index in [1.807, 2.05) is 46.8 Å². The molecule has 0 saturated carbocycles. The van der Waals surface area contributed by atoms with Gasteiger partial charge in [-0.25, -0.2) is 19.2 Å². The number of amides is 1. The van der Waals surface area contributed by atoms with Gasteiger partial charge in [0.25, 0.3) is 0 Å². The van der Waals surface area contributed by atoms with Crippen molar-refractivity contribution in [1.82, 2.24) is 25.1 Å². The highest BCUT2D eigenvalue weighted by molar-refractivity contribution is 6.35. The van der Waals surface area contributed by atoms with Crippen LogP contribution >= 0.6 is 11.6 Å². The monoisotopic (exact) mass is 624 g/mol. The van der Waals surface area contributed by atoms with E-state index in [4.69, 9.17) is 21.1 Å². The summed E-state index contributed by atoms with van der Waals surface area (Å²) < 4.78 is 28.4. The third kappa shape index (κ3) is 6.47. The first-order chi connectivity index (χ1) is 20.9. The zero-order valence-electron chi connectivity index (χ0n) is 26.6. The molecule has 236 valence electrons. The summed E-state index contributed by atoms with van der Waals surface area (Å²) >= 11 is 6.90. The lowest BCUT2D eigenvalue weighted by atomic mass is 9.95. The van der Waals surface area contributed by atoms with Gasteiger partial charge in [0.1, 0.15) is 23.3 Å². The second-order valence-electron chi connectivity index (χ2n) is 12.8. The molecular formula is C33H42ClFN6O3. The van der Waals surface area contributed by atoms with Crippen LogP contribution < -0.4 is 4.90 Å². The van der Waals surface area contributed by atoms with Crippen molar-refractivity contribution in [1.29, 1.82) is 0 Å². The van der Waals surface area contributed by atoms with Crippen molar-refractivity contribution in [3.63, 3.8) is 0 Å². The number of rotatable bonds is 8. The fraction of sp³-hybridized carbons (Fsp3) is 0.515. The molecule has 0 spiro atoms. The number of halogens is 2. The number of aryl methyl sites for hydroxylation is 1. The second kappa shape index (κ2) is 12.9. The van der Waals surface area contributed by atoms with E-state index in [1.54, 1.807) is 17.2 Å². The van der Waals surface area contributed by atoms with Crippen LogP contribution in [0.15, 0.2) is 30.7 Å². The number of aromatic amines is 1. The maximum atomic E-state index is 16.5. The number of ether oxygens (including phenoxy) is 2. The summed E-state index contributed by atoms with van der Waals surface area (Å²) in [6, 6.07) is 5.24. The van der Waals surface area contributed by atoms with Gasteiger partial charge in [-0.05, 0) is 72.1 Å². The number of carbonyl (C=O) groups excluding carboxylic acids is 1. The molecule has 1 aliphatic heterocycles. The first kappa shape index (κ1) is 31.9. The number of carbonyl (C=O) groups is 1. The van der Waals surface area contributed by atoms with Crippen LogP contribution in [0.25, 0.3) is 32.9 Å². The first-order valence-electron chi connectivity index (χ1n) is 15.3. The lowest BCUT2D eigenvalue weighted by molar-refractivity contribution is 0.00856. The molecule has 1 amide bonds. The maximum absolute atomic E-state index is 16.5. The van der Waals surface area contributed by atoms with Crippen molar-refractivity contribution in [2.45, 2.75) is 91.5 Å². The zero-order valence-corrected chi connectivity index (χ0v) is 27.3. The third-order valence-corrected chi connectivity index (χ3v) is 8.47. The minimum absolute atomic E-state index is 0.132. The summed E-state index contributed by atoms with van der Waals surface area (Å²) in [5.41, 5.74) is 2.19. The first-order valence-corrected chi connectivity index (χ1v) is 15.7. The van der Waals surface area contributed by atoms with Gasteiger partial charge < -0.3 is 19.3 Å². The molecule has 1 unspecified atom stereocenters. The van der Waals surface area contributed by atoms with Gasteiger partial charge in [-0.1, -0.05) is 31.0 Å². The van der Waals surface area contributed by atoms with Gasteiger partial charge in [0.2, 0.25) is 0 Å². The van der Waals surface area contributed by atoms with Crippen molar-refractivity contribution in [3.05, 3.63) is 47.1 Å². The topological polar surface area (TPSA) is 96.5 Å². The van der Waals surface area contributed by atoms with Crippen LogP contribution in [0.4, 0.5) is 15.0 Å². The Morgan fingerprint density at radius 1 is 1.20 bits per heavy atom. The van der Waals surface area contributed by atoms with Gasteiger partial charge in [-0.15, -0.1) is 0 Å². The molecule has 1 fully saturated rings. The Bertz CT molecular complexity index is 1650. The summed E-state index contributed by atoms with van der Waals surface area (Å²) in [5, 5.41) is 8.66. The van der Waals surface area contributed by atoms with Crippen LogP contribution in [-0.2, 0) is 9.47 Å². The maximum Gasteiger partial charge on any atom is 0.410 e. The van der Waals surface area contributed by atoms with Crippen molar-refractivity contribution in [2.75, 3.05) is 24.6 Å². The van der Waals surface area contributed by atoms with E-state index in [1.165, 1.54) is 6.33 Å². The molecule has 0 aliphatic carbocycles. The van der Waals surface area contributed by atoms with Crippen LogP contribution in [-0.4, -0.2) is 74.6 Å². The number of H-pyrrole nitrogens is 1. The fourth-order valence-electron chi connectivity index (χ4n) is 6.05. The lowest BCUT2D eigenvalue weighted by Crippen LogP contribution is -2.60. The summed E-state index contributed by atoms with van der Waals surface area (Å²) in [5.74, 6) is 0.0598. The zero-order chi connectivity index (χ0) is 31.8. The van der Waals surface area contributed by atoms with E-state index in [0.717, 1.165) is 29.3 Å². The number of anilines is 1. The van der Waals surface area contributed by atoms with Gasteiger partial charge in [-0.2, -0.15) is 5.10 Å². The highest BCUT2D eigenvalue weighted by atomic mass is 35.5. The van der Waals surface area contributed by atoms with Crippen molar-refractivity contribution < 1.29 is 18.7 Å². The Morgan fingerprint density at radius 2 is 1.98 bits per heavy atom. The predicted molar refractivity (Wildman–Crippen MR) is 173 cm³/mol. The molecule has 1 N–H and O–H groups in total. The van der Waals surface area contributed by atoms with E-state index in [-0.39, 0.29) is 40.4 Å². The predicted octanol–water partition coefficient (Wildman–Crippen LogP) is 7.68. The molecule has 5 rings (SSSR count). The molecule has 3 heterocycles. The Balaban J connectivity index is 1.55. The molecule has 9 nitrogen and oxygen atoms in total. The number of hydrogen-bond acceptors (Lipinski definition) is 7. The van der Waals surface area contributed by atoms with Crippen molar-refractivity contribution in [2.24, 2.45) is 0 Å². The van der Waals surface area contributed by atoms with Gasteiger partial charge in [0.15, 0.2) is 5.82 Å². The van der Waals surface area contributed by atoms with E-state index in [0.29, 0.717) is 42.9 Å². The number of nitrogens with one attached hydrogen (secondary N) is 1. The number of piperazine rings is 1. The largest absolute Gasteiger partial charge is 0.444 e. The van der Waals surface area contributed by atoms with Gasteiger partial charge in [-0.3, -0.25) is 5.10 Å². The highest BCUT2D eigenvalue weighted by Crippen LogP contribution is 2.42. The smallest absolute Gasteiger partial charge is 0.410 e. The summed E-state index contributed by atoms with van der Waals surface area (Å²) in [4.78, 5) is 26.2. The molecule has 0 bridgehead atoms. The summed E-state index contributed by atoms with van der Waals surface area (Å²) in [6.07, 6.45) is 5.50. The minimum Gasteiger partial charge on any atom is -0.444 e. The van der Waals surface area contributed by atoms with Crippen molar-refractivity contribution >= 4 is 45.3 Å². The molecule has 1 saturated heterocycles. The number of hydrogen-bond donors (Lipinski definition) is 1. The average molecular weight is 625 g/mol. The summed E-state index contributed by atoms with van der Waals surface area (Å²) in [7, 11) is 0. The molecule has 1 aliphatic rings. The van der Waals surface area contributed by atoms with E-state index in [2.05, 4.69) is 38.9 Å². The second-order valence-corrected chi connectivity index (χ2v) is 13.2. The molecule has 0 radical (unpaired) electrons. The number of nitrogens with zero attached hydrogens (tertiary/aromatic N) is 5. The molecular weight excluding hydrogens is 583 g/mol. The van der Waals surface area contributed by atoms with Gasteiger partial charge >= 0.3 is 6.09 Å². The molecule has 11 heteroatoms. The van der Waals surface area contributed by atoms with Crippen LogP contribution in [0.2, 0.25) is 5.02 Å². The summed E-state index contributed by atoms with van der Waals surface area (Å²) in [6.45, 7) is 15.1. The van der Waals surface area contributed by atoms with Gasteiger partial charge in [0.05, 0.1) is 28.9 Å². The van der Waals surface area contributed by atoms with E-state index in [9.17, 15) is 4.79 Å². The SMILES string of the molecule is CCCC(C)OCC[C@H]1CN(C(=O)OC(C)(C)C)[C@H](C)CN1c1ncnc2c(F)c(-c3c(C)ccc4[nH]ncc34)c(Cl)cc12. The fourth-order valence-corrected chi connectivity index (χ4v) is 6.33. The Labute approximate surface area is 263 Å².